The Balaban J connectivity index is 2.00. The van der Waals surface area contributed by atoms with Gasteiger partial charge in [-0.05, 0) is 77.6 Å². The first-order valence-corrected chi connectivity index (χ1v) is 11.4. The van der Waals surface area contributed by atoms with Gasteiger partial charge in [0.15, 0.2) is 11.6 Å². The van der Waals surface area contributed by atoms with Gasteiger partial charge in [-0.3, -0.25) is 0 Å². The first-order valence-electron chi connectivity index (χ1n) is 11.4. The molecule has 0 saturated heterocycles. The number of ether oxygens (including phenoxy) is 4. The third kappa shape index (κ3) is 6.78. The first-order chi connectivity index (χ1) is 17.6. The Labute approximate surface area is 215 Å². The zero-order chi connectivity index (χ0) is 27.1. The number of rotatable bonds is 10. The molecule has 37 heavy (non-hydrogen) atoms. The molecule has 3 aromatic carbocycles. The van der Waals surface area contributed by atoms with Crippen LogP contribution in [0.25, 0.3) is 22.3 Å². The molecule has 0 radical (unpaired) electrons. The van der Waals surface area contributed by atoms with Crippen molar-refractivity contribution in [1.82, 2.24) is 0 Å². The Morgan fingerprint density at radius 2 is 1.24 bits per heavy atom. The third-order valence-electron chi connectivity index (χ3n) is 5.45. The van der Waals surface area contributed by atoms with Crippen LogP contribution in [0.5, 0.6) is 11.5 Å². The topological polar surface area (TPSA) is 71.1 Å². The Kier molecular flexibility index (Phi) is 9.11. The molecule has 3 rings (SSSR count). The van der Waals surface area contributed by atoms with E-state index in [1.54, 1.807) is 39.3 Å². The molecule has 0 unspecified atom stereocenters. The molecule has 0 heterocycles. The van der Waals surface area contributed by atoms with Gasteiger partial charge in [-0.15, -0.1) is 0 Å². The van der Waals surface area contributed by atoms with Crippen LogP contribution in [0.15, 0.2) is 78.9 Å². The fraction of sp³-hybridized carbons (Fsp3) is 0.200. The number of carbonyl (C=O) groups excluding carboxylic acids is 2. The van der Waals surface area contributed by atoms with Gasteiger partial charge < -0.3 is 18.9 Å². The molecule has 7 heteroatoms. The fourth-order valence-electron chi connectivity index (χ4n) is 3.63. The molecule has 0 amide bonds. The van der Waals surface area contributed by atoms with Crippen LogP contribution >= 0.6 is 0 Å². The summed E-state index contributed by atoms with van der Waals surface area (Å²) in [6.45, 7) is 10.8. The standard InChI is InChI=1S/C30H29FO6/c1-18(2)29(32)36-24-9-11-26(23(14-24)17-35-6)25-10-7-20(13-22(25)16-34-5)21-8-12-28(27(31)15-21)37-30(33)19(3)4/h7-15H,1,3,16-17H2,2,4-6H3. The summed E-state index contributed by atoms with van der Waals surface area (Å²) in [5, 5.41) is 0. The van der Waals surface area contributed by atoms with Crippen molar-refractivity contribution in [2.45, 2.75) is 27.1 Å². The van der Waals surface area contributed by atoms with E-state index in [4.69, 9.17) is 18.9 Å². The minimum absolute atomic E-state index is 0.165. The molecule has 0 atom stereocenters. The normalized spacial score (nSPS) is 10.6. The fourth-order valence-corrected chi connectivity index (χ4v) is 3.63. The van der Waals surface area contributed by atoms with Crippen LogP contribution in [-0.4, -0.2) is 26.2 Å². The van der Waals surface area contributed by atoms with Crippen LogP contribution in [0.4, 0.5) is 4.39 Å². The Bertz CT molecular complexity index is 1360. The van der Waals surface area contributed by atoms with Crippen molar-refractivity contribution in [1.29, 1.82) is 0 Å². The summed E-state index contributed by atoms with van der Waals surface area (Å²) >= 11 is 0. The van der Waals surface area contributed by atoms with Crippen molar-refractivity contribution in [2.24, 2.45) is 0 Å². The minimum atomic E-state index is -0.689. The summed E-state index contributed by atoms with van der Waals surface area (Å²) in [5.41, 5.74) is 5.29. The molecule has 0 bridgehead atoms. The maximum atomic E-state index is 14.7. The summed E-state index contributed by atoms with van der Waals surface area (Å²) in [6.07, 6.45) is 0. The second kappa shape index (κ2) is 12.3. The van der Waals surface area contributed by atoms with Crippen LogP contribution in [0, 0.1) is 5.82 Å². The van der Waals surface area contributed by atoms with Gasteiger partial charge in [0.2, 0.25) is 0 Å². The van der Waals surface area contributed by atoms with Gasteiger partial charge in [0.25, 0.3) is 0 Å². The second-order valence-electron chi connectivity index (χ2n) is 8.54. The largest absolute Gasteiger partial charge is 0.423 e. The molecule has 192 valence electrons. The average Bonchev–Trinajstić information content (AvgIpc) is 2.86. The monoisotopic (exact) mass is 504 g/mol. The quantitative estimate of drug-likeness (QED) is 0.180. The van der Waals surface area contributed by atoms with Gasteiger partial charge in [0, 0.05) is 25.4 Å². The van der Waals surface area contributed by atoms with E-state index in [2.05, 4.69) is 13.2 Å². The summed E-state index contributed by atoms with van der Waals surface area (Å²) in [7, 11) is 3.18. The number of hydrogen-bond acceptors (Lipinski definition) is 6. The summed E-state index contributed by atoms with van der Waals surface area (Å²) < 4.78 is 35.9. The molecule has 3 aromatic rings. The first kappa shape index (κ1) is 27.5. The molecule has 0 N–H and O–H groups in total. The maximum Gasteiger partial charge on any atom is 0.338 e. The summed E-state index contributed by atoms with van der Waals surface area (Å²) in [6, 6.07) is 15.4. The van der Waals surface area contributed by atoms with Gasteiger partial charge in [-0.1, -0.05) is 37.4 Å². The number of esters is 2. The molecule has 0 aromatic heterocycles. The predicted molar refractivity (Wildman–Crippen MR) is 140 cm³/mol. The van der Waals surface area contributed by atoms with E-state index < -0.39 is 17.8 Å². The molecule has 0 spiro atoms. The number of carbonyl (C=O) groups is 2. The molecule has 0 saturated carbocycles. The molecule has 6 nitrogen and oxygen atoms in total. The number of hydrogen-bond donors (Lipinski definition) is 0. The van der Waals surface area contributed by atoms with E-state index in [1.807, 2.05) is 24.3 Å². The molecule has 0 aliphatic heterocycles. The highest BCUT2D eigenvalue weighted by Gasteiger charge is 2.16. The van der Waals surface area contributed by atoms with E-state index in [0.29, 0.717) is 23.5 Å². The Hall–Kier alpha value is -4.07. The molecule has 0 fully saturated rings. The number of benzene rings is 3. The van der Waals surface area contributed by atoms with Crippen LogP contribution in [-0.2, 0) is 32.3 Å². The smallest absolute Gasteiger partial charge is 0.338 e. The van der Waals surface area contributed by atoms with E-state index in [-0.39, 0.29) is 17.9 Å². The molecular formula is C30H29FO6. The van der Waals surface area contributed by atoms with Crippen molar-refractivity contribution in [2.75, 3.05) is 14.2 Å². The van der Waals surface area contributed by atoms with Crippen molar-refractivity contribution >= 4 is 11.9 Å². The lowest BCUT2D eigenvalue weighted by Crippen LogP contribution is -2.09. The van der Waals surface area contributed by atoms with Crippen LogP contribution in [0.2, 0.25) is 0 Å². The zero-order valence-electron chi connectivity index (χ0n) is 21.4. The number of halogens is 1. The van der Waals surface area contributed by atoms with Gasteiger partial charge in [-0.2, -0.15) is 0 Å². The minimum Gasteiger partial charge on any atom is -0.423 e. The zero-order valence-corrected chi connectivity index (χ0v) is 21.4. The summed E-state index contributed by atoms with van der Waals surface area (Å²) in [4.78, 5) is 23.7. The van der Waals surface area contributed by atoms with Crippen LogP contribution in [0.3, 0.4) is 0 Å². The lowest BCUT2D eigenvalue weighted by Gasteiger charge is -2.16. The SMILES string of the molecule is C=C(C)C(=O)Oc1ccc(-c2ccc(-c3ccc(OC(=O)C(=C)C)c(F)c3)cc2COC)c(COC)c1. The molecule has 0 aliphatic carbocycles. The van der Waals surface area contributed by atoms with Crippen molar-refractivity contribution in [3.05, 3.63) is 95.8 Å². The Morgan fingerprint density at radius 1 is 0.730 bits per heavy atom. The highest BCUT2D eigenvalue weighted by Crippen LogP contribution is 2.35. The summed E-state index contributed by atoms with van der Waals surface area (Å²) in [5.74, 6) is -1.63. The highest BCUT2D eigenvalue weighted by atomic mass is 19.1. The van der Waals surface area contributed by atoms with Crippen molar-refractivity contribution < 1.29 is 32.9 Å². The van der Waals surface area contributed by atoms with E-state index >= 15 is 0 Å². The molecule has 0 aliphatic rings. The van der Waals surface area contributed by atoms with Gasteiger partial charge >= 0.3 is 11.9 Å². The Morgan fingerprint density at radius 3 is 1.81 bits per heavy atom. The lowest BCUT2D eigenvalue weighted by molar-refractivity contribution is -0.131. The molecular weight excluding hydrogens is 475 g/mol. The van der Waals surface area contributed by atoms with Crippen LogP contribution in [0.1, 0.15) is 25.0 Å². The van der Waals surface area contributed by atoms with Crippen molar-refractivity contribution in [3.63, 3.8) is 0 Å². The maximum absolute atomic E-state index is 14.7. The lowest BCUT2D eigenvalue weighted by atomic mass is 9.92. The average molecular weight is 505 g/mol. The van der Waals surface area contributed by atoms with Gasteiger partial charge in [0.05, 0.1) is 13.2 Å². The van der Waals surface area contributed by atoms with Gasteiger partial charge in [-0.25, -0.2) is 14.0 Å². The van der Waals surface area contributed by atoms with Crippen molar-refractivity contribution in [3.8, 4) is 33.8 Å². The second-order valence-corrected chi connectivity index (χ2v) is 8.54. The van der Waals surface area contributed by atoms with Gasteiger partial charge in [0.1, 0.15) is 5.75 Å². The van der Waals surface area contributed by atoms with E-state index in [1.165, 1.54) is 19.1 Å². The van der Waals surface area contributed by atoms with E-state index in [9.17, 15) is 14.0 Å². The van der Waals surface area contributed by atoms with Crippen LogP contribution < -0.4 is 9.47 Å². The van der Waals surface area contributed by atoms with E-state index in [0.717, 1.165) is 27.8 Å². The number of methoxy groups -OCH3 is 2. The third-order valence-corrected chi connectivity index (χ3v) is 5.45. The predicted octanol–water partition coefficient (Wildman–Crippen LogP) is 6.42. The highest BCUT2D eigenvalue weighted by molar-refractivity contribution is 5.89.